The average molecular weight is 471 g/mol. The monoisotopic (exact) mass is 470 g/mol. The molecule has 10 heteroatoms. The van der Waals surface area contributed by atoms with Crippen LogP contribution in [0, 0.1) is 15.5 Å². The van der Waals surface area contributed by atoms with Gasteiger partial charge in [-0.1, -0.05) is 41.4 Å². The molecule has 2 atom stereocenters. The Hall–Kier alpha value is -1.71. The van der Waals surface area contributed by atoms with E-state index in [1.165, 1.54) is 28.6 Å². The van der Waals surface area contributed by atoms with Crippen LogP contribution in [-0.4, -0.2) is 44.5 Å². The van der Waals surface area contributed by atoms with Crippen LogP contribution in [-0.2, 0) is 20.2 Å². The second kappa shape index (κ2) is 7.46. The summed E-state index contributed by atoms with van der Waals surface area (Å²) in [6.07, 6.45) is 1.31. The lowest BCUT2D eigenvalue weighted by molar-refractivity contribution is -0.387. The highest BCUT2D eigenvalue weighted by atomic mass is 35.5. The number of piperidine rings is 1. The van der Waals surface area contributed by atoms with Crippen molar-refractivity contribution in [1.82, 2.24) is 4.31 Å². The number of hydrogen-bond acceptors (Lipinski definition) is 5. The zero-order valence-corrected chi connectivity index (χ0v) is 18.5. The van der Waals surface area contributed by atoms with Crippen molar-refractivity contribution in [2.75, 3.05) is 26.8 Å². The van der Waals surface area contributed by atoms with Gasteiger partial charge in [-0.3, -0.25) is 10.1 Å². The number of benzene rings is 2. The van der Waals surface area contributed by atoms with Crippen LogP contribution in [0.4, 0.5) is 5.69 Å². The Morgan fingerprint density at radius 3 is 2.60 bits per heavy atom. The van der Waals surface area contributed by atoms with Gasteiger partial charge in [-0.2, -0.15) is 4.31 Å². The first-order chi connectivity index (χ1) is 14.2. The third-order valence-electron chi connectivity index (χ3n) is 6.37. The Bertz CT molecular complexity index is 1130. The minimum atomic E-state index is -4.04. The summed E-state index contributed by atoms with van der Waals surface area (Å²) in [6.45, 7) is 0.839. The number of nitro groups is 1. The lowest BCUT2D eigenvalue weighted by Gasteiger charge is -2.37. The number of hydrogen-bond donors (Lipinski definition) is 0. The highest BCUT2D eigenvalue weighted by Crippen LogP contribution is 2.69. The standard InChI is InChI=1S/C20H20Cl2N2O5S/c1-29-13-19-11-20(19,14-6-7-15(21)16(22)10-14)8-9-23(12-19)30(27,28)18-5-3-2-4-17(18)24(25)26/h2-7,10H,8-9,11-13H2,1H3/t19-,20-/m0/s1. The highest BCUT2D eigenvalue weighted by Gasteiger charge is 2.70. The Balaban J connectivity index is 1.70. The molecule has 0 aromatic heterocycles. The number of nitrogens with zero attached hydrogens (tertiary/aromatic N) is 2. The van der Waals surface area contributed by atoms with Crippen molar-refractivity contribution in [3.8, 4) is 0 Å². The molecule has 0 radical (unpaired) electrons. The van der Waals surface area contributed by atoms with Crippen molar-refractivity contribution >= 4 is 38.9 Å². The van der Waals surface area contributed by atoms with Crippen LogP contribution in [0.2, 0.25) is 10.0 Å². The third kappa shape index (κ3) is 3.22. The number of halogens is 2. The molecule has 30 heavy (non-hydrogen) atoms. The van der Waals surface area contributed by atoms with E-state index >= 15 is 0 Å². The molecule has 2 aromatic carbocycles. The van der Waals surface area contributed by atoms with Gasteiger partial charge in [0, 0.05) is 37.1 Å². The molecular weight excluding hydrogens is 451 g/mol. The quantitative estimate of drug-likeness (QED) is 0.464. The molecule has 1 heterocycles. The van der Waals surface area contributed by atoms with Crippen molar-refractivity contribution in [3.05, 3.63) is 68.2 Å². The van der Waals surface area contributed by atoms with Gasteiger partial charge in [-0.05, 0) is 36.6 Å². The fraction of sp³-hybridized carbons (Fsp3) is 0.400. The number of fused-ring (bicyclic) bond motifs is 1. The maximum atomic E-state index is 13.3. The minimum Gasteiger partial charge on any atom is -0.384 e. The van der Waals surface area contributed by atoms with Crippen molar-refractivity contribution < 1.29 is 18.1 Å². The molecule has 160 valence electrons. The first kappa shape index (κ1) is 21.5. The molecular formula is C20H20Cl2N2O5S. The van der Waals surface area contributed by atoms with Crippen LogP contribution >= 0.6 is 23.2 Å². The van der Waals surface area contributed by atoms with Gasteiger partial charge >= 0.3 is 0 Å². The Labute approximate surface area is 184 Å². The van der Waals surface area contributed by atoms with Crippen LogP contribution in [0.1, 0.15) is 18.4 Å². The molecule has 1 aliphatic carbocycles. The van der Waals surface area contributed by atoms with Gasteiger partial charge in [0.15, 0.2) is 4.90 Å². The van der Waals surface area contributed by atoms with E-state index in [0.717, 1.165) is 12.0 Å². The number of rotatable bonds is 6. The Morgan fingerprint density at radius 1 is 1.20 bits per heavy atom. The summed E-state index contributed by atoms with van der Waals surface area (Å²) in [5.41, 5.74) is -0.0910. The summed E-state index contributed by atoms with van der Waals surface area (Å²) >= 11 is 12.3. The van der Waals surface area contributed by atoms with Crippen LogP contribution < -0.4 is 0 Å². The second-order valence-electron chi connectivity index (χ2n) is 7.91. The normalized spacial score (nSPS) is 26.2. The van der Waals surface area contributed by atoms with E-state index in [1.54, 1.807) is 13.2 Å². The van der Waals surface area contributed by atoms with E-state index in [9.17, 15) is 18.5 Å². The number of sulfonamides is 1. The van der Waals surface area contributed by atoms with Crippen LogP contribution in [0.15, 0.2) is 47.4 Å². The van der Waals surface area contributed by atoms with E-state index < -0.39 is 26.0 Å². The fourth-order valence-corrected chi connectivity index (χ4v) is 6.84. The van der Waals surface area contributed by atoms with Crippen molar-refractivity contribution in [2.45, 2.75) is 23.2 Å². The largest absolute Gasteiger partial charge is 0.384 e. The van der Waals surface area contributed by atoms with Crippen LogP contribution in [0.25, 0.3) is 0 Å². The molecule has 0 unspecified atom stereocenters. The number of methoxy groups -OCH3 is 1. The zero-order chi connectivity index (χ0) is 21.7. The van der Waals surface area contributed by atoms with E-state index in [-0.39, 0.29) is 23.4 Å². The number of nitro benzene ring substituents is 1. The number of para-hydroxylation sites is 1. The van der Waals surface area contributed by atoms with Gasteiger partial charge in [0.2, 0.25) is 10.0 Å². The Morgan fingerprint density at radius 2 is 1.93 bits per heavy atom. The predicted molar refractivity (Wildman–Crippen MR) is 114 cm³/mol. The van der Waals surface area contributed by atoms with Gasteiger partial charge in [0.05, 0.1) is 21.6 Å². The highest BCUT2D eigenvalue weighted by molar-refractivity contribution is 7.89. The van der Waals surface area contributed by atoms with Gasteiger partial charge in [0.1, 0.15) is 0 Å². The molecule has 2 aromatic rings. The van der Waals surface area contributed by atoms with Gasteiger partial charge in [-0.15, -0.1) is 0 Å². The zero-order valence-electron chi connectivity index (χ0n) is 16.2. The lowest BCUT2D eigenvalue weighted by atomic mass is 9.81. The molecule has 0 spiro atoms. The summed E-state index contributed by atoms with van der Waals surface area (Å²) in [5, 5.41) is 12.3. The summed E-state index contributed by atoms with van der Waals surface area (Å²) in [7, 11) is -2.45. The summed E-state index contributed by atoms with van der Waals surface area (Å²) in [4.78, 5) is 10.4. The van der Waals surface area contributed by atoms with E-state index in [0.29, 0.717) is 23.1 Å². The van der Waals surface area contributed by atoms with E-state index in [2.05, 4.69) is 0 Å². The van der Waals surface area contributed by atoms with E-state index in [4.69, 9.17) is 27.9 Å². The van der Waals surface area contributed by atoms with Crippen molar-refractivity contribution in [1.29, 1.82) is 0 Å². The molecule has 1 saturated carbocycles. The van der Waals surface area contributed by atoms with Crippen molar-refractivity contribution in [2.24, 2.45) is 5.41 Å². The summed E-state index contributed by atoms with van der Waals surface area (Å²) in [5.74, 6) is 0. The van der Waals surface area contributed by atoms with Crippen LogP contribution in [0.5, 0.6) is 0 Å². The summed E-state index contributed by atoms with van der Waals surface area (Å²) in [6, 6.07) is 11.0. The molecule has 0 N–H and O–H groups in total. The fourth-order valence-electron chi connectivity index (χ4n) is 4.85. The van der Waals surface area contributed by atoms with Gasteiger partial charge < -0.3 is 4.74 Å². The number of ether oxygens (including phenoxy) is 1. The lowest BCUT2D eigenvalue weighted by Crippen LogP contribution is -2.46. The second-order valence-corrected chi connectivity index (χ2v) is 10.6. The molecule has 2 fully saturated rings. The van der Waals surface area contributed by atoms with Crippen molar-refractivity contribution in [3.63, 3.8) is 0 Å². The summed E-state index contributed by atoms with van der Waals surface area (Å²) < 4.78 is 33.4. The first-order valence-electron chi connectivity index (χ1n) is 9.35. The van der Waals surface area contributed by atoms with E-state index in [1.807, 2.05) is 12.1 Å². The van der Waals surface area contributed by atoms with Gasteiger partial charge in [0.25, 0.3) is 5.69 Å². The SMILES string of the molecule is COC[C@]12CN(S(=O)(=O)c3ccccc3[N+](=O)[O-])CC[C@@]1(c1ccc(Cl)c(Cl)c1)C2. The van der Waals surface area contributed by atoms with Gasteiger partial charge in [-0.25, -0.2) is 8.42 Å². The predicted octanol–water partition coefficient (Wildman–Crippen LogP) is 4.27. The maximum absolute atomic E-state index is 13.3. The molecule has 7 nitrogen and oxygen atoms in total. The smallest absolute Gasteiger partial charge is 0.289 e. The topological polar surface area (TPSA) is 89.8 Å². The van der Waals surface area contributed by atoms with Crippen LogP contribution in [0.3, 0.4) is 0 Å². The maximum Gasteiger partial charge on any atom is 0.289 e. The molecule has 4 rings (SSSR count). The first-order valence-corrected chi connectivity index (χ1v) is 11.5. The molecule has 2 aliphatic rings. The Kier molecular flexibility index (Phi) is 5.35. The molecule has 1 saturated heterocycles. The molecule has 0 bridgehead atoms. The molecule has 0 amide bonds. The molecule has 1 aliphatic heterocycles. The third-order valence-corrected chi connectivity index (χ3v) is 9.00. The minimum absolute atomic E-state index is 0.218. The average Bonchev–Trinajstić information content (AvgIpc) is 3.39.